The molecule has 0 bridgehead atoms. The SMILES string of the molecule is Cn1cnnc1-c1ccc(NC(=O)c2c[nH]c3ccccc3c2=O)cc1. The number of rotatable bonds is 3. The molecule has 4 aromatic rings. The maximum absolute atomic E-state index is 12.5. The minimum absolute atomic E-state index is 0.0704. The molecule has 4 rings (SSSR count). The second-order valence-electron chi connectivity index (χ2n) is 5.87. The third-order valence-corrected chi connectivity index (χ3v) is 4.15. The fraction of sp³-hybridized carbons (Fsp3) is 0.0526. The van der Waals surface area contributed by atoms with E-state index in [0.29, 0.717) is 16.6 Å². The molecular formula is C19H15N5O2. The molecule has 26 heavy (non-hydrogen) atoms. The molecule has 2 N–H and O–H groups in total. The van der Waals surface area contributed by atoms with Gasteiger partial charge in [0.05, 0.1) is 0 Å². The third-order valence-electron chi connectivity index (χ3n) is 4.15. The van der Waals surface area contributed by atoms with Gasteiger partial charge in [0.15, 0.2) is 5.82 Å². The first-order valence-corrected chi connectivity index (χ1v) is 8.00. The minimum Gasteiger partial charge on any atom is -0.360 e. The Morgan fingerprint density at radius 2 is 1.88 bits per heavy atom. The van der Waals surface area contributed by atoms with Crippen LogP contribution < -0.4 is 10.7 Å². The van der Waals surface area contributed by atoms with E-state index in [1.165, 1.54) is 6.20 Å². The number of pyridine rings is 1. The van der Waals surface area contributed by atoms with Crippen LogP contribution in [0.15, 0.2) is 65.8 Å². The second kappa shape index (κ2) is 6.29. The number of H-pyrrole nitrogens is 1. The first-order chi connectivity index (χ1) is 12.6. The highest BCUT2D eigenvalue weighted by Gasteiger charge is 2.13. The molecule has 2 aromatic carbocycles. The third kappa shape index (κ3) is 2.75. The molecule has 7 nitrogen and oxygen atoms in total. The first-order valence-electron chi connectivity index (χ1n) is 8.00. The molecule has 0 radical (unpaired) electrons. The fourth-order valence-corrected chi connectivity index (χ4v) is 2.78. The standard InChI is InChI=1S/C19H15N5O2/c1-24-11-21-23-18(24)12-6-8-13(9-7-12)22-19(26)15-10-20-16-5-3-2-4-14(16)17(15)25/h2-11H,1H3,(H,20,25)(H,22,26). The number of amides is 1. The summed E-state index contributed by atoms with van der Waals surface area (Å²) in [5.74, 6) is 0.275. The van der Waals surface area contributed by atoms with E-state index in [2.05, 4.69) is 20.5 Å². The highest BCUT2D eigenvalue weighted by molar-refractivity contribution is 6.05. The first kappa shape index (κ1) is 15.8. The van der Waals surface area contributed by atoms with E-state index >= 15 is 0 Å². The molecule has 2 heterocycles. The van der Waals surface area contributed by atoms with E-state index in [1.54, 1.807) is 36.7 Å². The number of hydrogen-bond donors (Lipinski definition) is 2. The summed E-state index contributed by atoms with van der Waals surface area (Å²) in [5.41, 5.74) is 1.94. The Bertz CT molecular complexity index is 1160. The Kier molecular flexibility index (Phi) is 3.81. The second-order valence-corrected chi connectivity index (χ2v) is 5.87. The van der Waals surface area contributed by atoms with Crippen LogP contribution in [-0.4, -0.2) is 25.7 Å². The van der Waals surface area contributed by atoms with Crippen LogP contribution in [0.1, 0.15) is 10.4 Å². The molecule has 0 aliphatic rings. The number of hydrogen-bond acceptors (Lipinski definition) is 4. The van der Waals surface area contributed by atoms with Gasteiger partial charge in [0.25, 0.3) is 5.91 Å². The van der Waals surface area contributed by atoms with Crippen LogP contribution >= 0.6 is 0 Å². The van der Waals surface area contributed by atoms with Crippen LogP contribution in [0.2, 0.25) is 0 Å². The minimum atomic E-state index is -0.455. The zero-order chi connectivity index (χ0) is 18.1. The number of nitrogens with one attached hydrogen (secondary N) is 2. The summed E-state index contributed by atoms with van der Waals surface area (Å²) in [4.78, 5) is 28.0. The van der Waals surface area contributed by atoms with E-state index < -0.39 is 5.91 Å². The lowest BCUT2D eigenvalue weighted by atomic mass is 10.1. The van der Waals surface area contributed by atoms with Gasteiger partial charge >= 0.3 is 0 Å². The van der Waals surface area contributed by atoms with E-state index in [-0.39, 0.29) is 11.0 Å². The van der Waals surface area contributed by atoms with Gasteiger partial charge in [-0.2, -0.15) is 0 Å². The van der Waals surface area contributed by atoms with Crippen LogP contribution in [0.3, 0.4) is 0 Å². The maximum atomic E-state index is 12.5. The number of aromatic nitrogens is 4. The molecule has 1 amide bonds. The fourth-order valence-electron chi connectivity index (χ4n) is 2.78. The Labute approximate surface area is 148 Å². The van der Waals surface area contributed by atoms with Gasteiger partial charge in [-0.25, -0.2) is 0 Å². The van der Waals surface area contributed by atoms with Gasteiger partial charge in [-0.05, 0) is 36.4 Å². The largest absolute Gasteiger partial charge is 0.360 e. The van der Waals surface area contributed by atoms with Crippen molar-refractivity contribution in [2.45, 2.75) is 0 Å². The molecule has 0 saturated carbocycles. The molecule has 0 aliphatic carbocycles. The summed E-state index contributed by atoms with van der Waals surface area (Å²) in [5, 5.41) is 11.1. The zero-order valence-electron chi connectivity index (χ0n) is 13.9. The molecule has 2 aromatic heterocycles. The normalized spacial score (nSPS) is 10.8. The van der Waals surface area contributed by atoms with Gasteiger partial charge in [-0.3, -0.25) is 9.59 Å². The Morgan fingerprint density at radius 1 is 1.12 bits per heavy atom. The number of carbonyl (C=O) groups excluding carboxylic acids is 1. The van der Waals surface area contributed by atoms with Gasteiger partial charge in [0, 0.05) is 35.4 Å². The number of benzene rings is 2. The predicted molar refractivity (Wildman–Crippen MR) is 99.0 cm³/mol. The van der Waals surface area contributed by atoms with Gasteiger partial charge in [-0.15, -0.1) is 10.2 Å². The predicted octanol–water partition coefficient (Wildman–Crippen LogP) is 2.58. The van der Waals surface area contributed by atoms with E-state index in [0.717, 1.165) is 11.4 Å². The summed E-state index contributed by atoms with van der Waals surface area (Å²) in [6.45, 7) is 0. The van der Waals surface area contributed by atoms with Crippen molar-refractivity contribution in [3.8, 4) is 11.4 Å². The van der Waals surface area contributed by atoms with Crippen LogP contribution in [0.4, 0.5) is 5.69 Å². The maximum Gasteiger partial charge on any atom is 0.261 e. The van der Waals surface area contributed by atoms with Gasteiger partial charge in [0.1, 0.15) is 11.9 Å². The summed E-state index contributed by atoms with van der Waals surface area (Å²) >= 11 is 0. The van der Waals surface area contributed by atoms with E-state index in [4.69, 9.17) is 0 Å². The molecule has 0 fully saturated rings. The highest BCUT2D eigenvalue weighted by Crippen LogP contribution is 2.19. The Balaban J connectivity index is 1.60. The van der Waals surface area contributed by atoms with Crippen molar-refractivity contribution in [1.82, 2.24) is 19.7 Å². The highest BCUT2D eigenvalue weighted by atomic mass is 16.2. The summed E-state index contributed by atoms with van der Waals surface area (Å²) < 4.78 is 1.81. The summed E-state index contributed by atoms with van der Waals surface area (Å²) in [6.07, 6.45) is 3.06. The van der Waals surface area contributed by atoms with Crippen molar-refractivity contribution >= 4 is 22.5 Å². The lowest BCUT2D eigenvalue weighted by Crippen LogP contribution is -2.21. The molecule has 0 unspecified atom stereocenters. The van der Waals surface area contributed by atoms with Crippen molar-refractivity contribution in [2.24, 2.45) is 7.05 Å². The van der Waals surface area contributed by atoms with Crippen molar-refractivity contribution in [1.29, 1.82) is 0 Å². The molecule has 7 heteroatoms. The number of aryl methyl sites for hydroxylation is 1. The number of fused-ring (bicyclic) bond motifs is 1. The molecule has 0 saturated heterocycles. The van der Waals surface area contributed by atoms with Crippen LogP contribution in [-0.2, 0) is 7.05 Å². The average molecular weight is 345 g/mol. The number of anilines is 1. The van der Waals surface area contributed by atoms with Crippen molar-refractivity contribution < 1.29 is 4.79 Å². The number of aromatic amines is 1. The number of para-hydroxylation sites is 1. The van der Waals surface area contributed by atoms with Crippen LogP contribution in [0, 0.1) is 0 Å². The van der Waals surface area contributed by atoms with E-state index in [9.17, 15) is 9.59 Å². The van der Waals surface area contributed by atoms with Gasteiger partial charge in [-0.1, -0.05) is 12.1 Å². The lowest BCUT2D eigenvalue weighted by Gasteiger charge is -2.07. The molecule has 0 spiro atoms. The average Bonchev–Trinajstić information content (AvgIpc) is 3.09. The summed E-state index contributed by atoms with van der Waals surface area (Å²) in [6, 6.07) is 14.3. The monoisotopic (exact) mass is 345 g/mol. The molecular weight excluding hydrogens is 330 g/mol. The molecule has 0 aliphatic heterocycles. The Hall–Kier alpha value is -3.74. The van der Waals surface area contributed by atoms with Crippen LogP contribution in [0.5, 0.6) is 0 Å². The Morgan fingerprint density at radius 3 is 2.62 bits per heavy atom. The van der Waals surface area contributed by atoms with Crippen molar-refractivity contribution in [3.05, 3.63) is 76.8 Å². The molecule has 128 valence electrons. The van der Waals surface area contributed by atoms with E-state index in [1.807, 2.05) is 29.8 Å². The smallest absolute Gasteiger partial charge is 0.261 e. The van der Waals surface area contributed by atoms with Gasteiger partial charge in [0.2, 0.25) is 5.43 Å². The topological polar surface area (TPSA) is 92.7 Å². The molecule has 0 atom stereocenters. The van der Waals surface area contributed by atoms with Crippen molar-refractivity contribution in [3.63, 3.8) is 0 Å². The summed E-state index contributed by atoms with van der Waals surface area (Å²) in [7, 11) is 1.86. The van der Waals surface area contributed by atoms with Crippen molar-refractivity contribution in [2.75, 3.05) is 5.32 Å². The van der Waals surface area contributed by atoms with Gasteiger partial charge < -0.3 is 14.9 Å². The number of nitrogens with zero attached hydrogens (tertiary/aromatic N) is 3. The van der Waals surface area contributed by atoms with Crippen LogP contribution in [0.25, 0.3) is 22.3 Å². The lowest BCUT2D eigenvalue weighted by molar-refractivity contribution is 0.102. The number of carbonyl (C=O) groups is 1. The zero-order valence-corrected chi connectivity index (χ0v) is 13.9. The quantitative estimate of drug-likeness (QED) is 0.597.